The summed E-state index contributed by atoms with van der Waals surface area (Å²) >= 11 is 4.46. The number of ether oxygens (including phenoxy) is 1. The standard InChI is InChI=1S/C16H12BrNO5S/c17-12-3-1-11(2-4-12)15(19)9-23-16(20)10-24-14-7-5-13(6-8-14)18(21)22/h1-8H,9-10H2. The maximum atomic E-state index is 11.9. The van der Waals surface area contributed by atoms with E-state index in [1.54, 1.807) is 36.4 Å². The van der Waals surface area contributed by atoms with Crippen LogP contribution in [0.2, 0.25) is 0 Å². The van der Waals surface area contributed by atoms with E-state index in [1.165, 1.54) is 23.9 Å². The monoisotopic (exact) mass is 409 g/mol. The van der Waals surface area contributed by atoms with E-state index >= 15 is 0 Å². The highest BCUT2D eigenvalue weighted by Crippen LogP contribution is 2.21. The third-order valence-corrected chi connectivity index (χ3v) is 4.45. The second kappa shape index (κ2) is 8.60. The lowest BCUT2D eigenvalue weighted by Gasteiger charge is -2.05. The average Bonchev–Trinajstić information content (AvgIpc) is 2.58. The molecule has 0 bridgehead atoms. The van der Waals surface area contributed by atoms with Gasteiger partial charge in [-0.1, -0.05) is 28.1 Å². The topological polar surface area (TPSA) is 86.5 Å². The number of benzene rings is 2. The van der Waals surface area contributed by atoms with Crippen molar-refractivity contribution in [2.75, 3.05) is 12.4 Å². The summed E-state index contributed by atoms with van der Waals surface area (Å²) in [6.45, 7) is -0.318. The lowest BCUT2D eigenvalue weighted by atomic mass is 10.1. The molecule has 0 unspecified atom stereocenters. The molecule has 0 radical (unpaired) electrons. The van der Waals surface area contributed by atoms with Gasteiger partial charge in [0.25, 0.3) is 5.69 Å². The van der Waals surface area contributed by atoms with Gasteiger partial charge in [-0.15, -0.1) is 11.8 Å². The molecule has 0 fully saturated rings. The van der Waals surface area contributed by atoms with E-state index in [4.69, 9.17) is 4.74 Å². The van der Waals surface area contributed by atoms with Gasteiger partial charge in [0.1, 0.15) is 0 Å². The molecule has 2 aromatic rings. The van der Waals surface area contributed by atoms with Gasteiger partial charge in [-0.2, -0.15) is 0 Å². The summed E-state index contributed by atoms with van der Waals surface area (Å²) in [7, 11) is 0. The molecule has 2 aromatic carbocycles. The summed E-state index contributed by atoms with van der Waals surface area (Å²) in [4.78, 5) is 34.3. The quantitative estimate of drug-likeness (QED) is 0.226. The molecule has 8 heteroatoms. The predicted molar refractivity (Wildman–Crippen MR) is 93.3 cm³/mol. The lowest BCUT2D eigenvalue weighted by Crippen LogP contribution is -2.15. The minimum atomic E-state index is -0.524. The Labute approximate surface area is 150 Å². The van der Waals surface area contributed by atoms with Crippen LogP contribution in [0.5, 0.6) is 0 Å². The van der Waals surface area contributed by atoms with Gasteiger partial charge in [0.15, 0.2) is 12.4 Å². The summed E-state index contributed by atoms with van der Waals surface area (Å²) in [6, 6.07) is 12.6. The number of esters is 1. The van der Waals surface area contributed by atoms with Gasteiger partial charge in [0.2, 0.25) is 0 Å². The molecular weight excluding hydrogens is 398 g/mol. The van der Waals surface area contributed by atoms with Crippen LogP contribution in [0.15, 0.2) is 57.9 Å². The van der Waals surface area contributed by atoms with Crippen molar-refractivity contribution >= 4 is 45.1 Å². The highest BCUT2D eigenvalue weighted by Gasteiger charge is 2.11. The maximum Gasteiger partial charge on any atom is 0.316 e. The molecule has 2 rings (SSSR count). The number of nitro benzene ring substituents is 1. The van der Waals surface area contributed by atoms with Crippen molar-refractivity contribution in [3.05, 3.63) is 68.7 Å². The molecular formula is C16H12BrNO5S. The highest BCUT2D eigenvalue weighted by molar-refractivity contribution is 9.10. The Kier molecular flexibility index (Phi) is 6.51. The molecule has 0 saturated carbocycles. The highest BCUT2D eigenvalue weighted by atomic mass is 79.9. The van der Waals surface area contributed by atoms with Crippen molar-refractivity contribution in [3.63, 3.8) is 0 Å². The normalized spacial score (nSPS) is 10.2. The number of ketones is 1. The number of hydrogen-bond acceptors (Lipinski definition) is 6. The minimum Gasteiger partial charge on any atom is -0.457 e. The summed E-state index contributed by atoms with van der Waals surface area (Å²) < 4.78 is 5.80. The first-order valence-corrected chi connectivity index (χ1v) is 8.55. The van der Waals surface area contributed by atoms with Crippen molar-refractivity contribution in [2.45, 2.75) is 4.90 Å². The van der Waals surface area contributed by atoms with Crippen LogP contribution in [0.4, 0.5) is 5.69 Å². The Balaban J connectivity index is 1.77. The Hall–Kier alpha value is -2.19. The van der Waals surface area contributed by atoms with E-state index in [0.29, 0.717) is 10.5 Å². The van der Waals surface area contributed by atoms with Crippen LogP contribution >= 0.6 is 27.7 Å². The van der Waals surface area contributed by atoms with Gasteiger partial charge in [-0.25, -0.2) is 0 Å². The summed E-state index contributed by atoms with van der Waals surface area (Å²) in [5.74, 6) is -0.786. The number of carbonyl (C=O) groups is 2. The number of carbonyl (C=O) groups excluding carboxylic acids is 2. The first-order valence-electron chi connectivity index (χ1n) is 6.77. The molecule has 6 nitrogen and oxygen atoms in total. The fourth-order valence-corrected chi connectivity index (χ4v) is 2.67. The first kappa shape index (κ1) is 18.2. The molecule has 0 heterocycles. The average molecular weight is 410 g/mol. The zero-order valence-corrected chi connectivity index (χ0v) is 14.7. The molecule has 24 heavy (non-hydrogen) atoms. The summed E-state index contributed by atoms with van der Waals surface area (Å²) in [6.07, 6.45) is 0. The Morgan fingerprint density at radius 3 is 2.29 bits per heavy atom. The molecule has 0 N–H and O–H groups in total. The number of Topliss-reactive ketones (excluding diaryl/α,β-unsaturated/α-hetero) is 1. The van der Waals surface area contributed by atoms with E-state index in [9.17, 15) is 19.7 Å². The van der Waals surface area contributed by atoms with E-state index in [2.05, 4.69) is 15.9 Å². The van der Waals surface area contributed by atoms with E-state index in [0.717, 1.165) is 4.47 Å². The smallest absolute Gasteiger partial charge is 0.316 e. The predicted octanol–water partition coefficient (Wildman–Crippen LogP) is 3.88. The van der Waals surface area contributed by atoms with Crippen molar-refractivity contribution < 1.29 is 19.2 Å². The van der Waals surface area contributed by atoms with Crippen molar-refractivity contribution in [3.8, 4) is 0 Å². The molecule has 124 valence electrons. The van der Waals surface area contributed by atoms with E-state index in [-0.39, 0.29) is 23.8 Å². The Morgan fingerprint density at radius 1 is 1.08 bits per heavy atom. The van der Waals surface area contributed by atoms with Gasteiger partial charge in [0.05, 0.1) is 10.7 Å². The van der Waals surface area contributed by atoms with Crippen molar-refractivity contribution in [1.29, 1.82) is 0 Å². The third kappa shape index (κ3) is 5.47. The summed E-state index contributed by atoms with van der Waals surface area (Å²) in [5, 5.41) is 10.6. The molecule has 0 atom stereocenters. The Bertz CT molecular complexity index is 746. The molecule has 0 spiro atoms. The number of rotatable bonds is 7. The lowest BCUT2D eigenvalue weighted by molar-refractivity contribution is -0.384. The van der Waals surface area contributed by atoms with Crippen molar-refractivity contribution in [2.24, 2.45) is 0 Å². The maximum absolute atomic E-state index is 11.9. The number of hydrogen-bond donors (Lipinski definition) is 0. The number of nitro groups is 1. The molecule has 0 aliphatic rings. The number of thioether (sulfide) groups is 1. The van der Waals surface area contributed by atoms with Gasteiger partial charge in [-0.3, -0.25) is 19.7 Å². The molecule has 0 aliphatic carbocycles. The molecule has 0 amide bonds. The van der Waals surface area contributed by atoms with Crippen LogP contribution in [-0.2, 0) is 9.53 Å². The van der Waals surface area contributed by atoms with Crippen LogP contribution in [0.25, 0.3) is 0 Å². The van der Waals surface area contributed by atoms with Crippen LogP contribution in [-0.4, -0.2) is 29.0 Å². The summed E-state index contributed by atoms with van der Waals surface area (Å²) in [5.41, 5.74) is 0.455. The molecule has 0 aromatic heterocycles. The number of halogens is 1. The zero-order valence-electron chi connectivity index (χ0n) is 12.3. The molecule has 0 aliphatic heterocycles. The first-order chi connectivity index (χ1) is 11.5. The van der Waals surface area contributed by atoms with E-state index < -0.39 is 10.9 Å². The second-order valence-corrected chi connectivity index (χ2v) is 6.59. The largest absolute Gasteiger partial charge is 0.457 e. The van der Waals surface area contributed by atoms with Crippen LogP contribution in [0.1, 0.15) is 10.4 Å². The van der Waals surface area contributed by atoms with E-state index in [1.807, 2.05) is 0 Å². The number of nitrogens with zero attached hydrogens (tertiary/aromatic N) is 1. The van der Waals surface area contributed by atoms with Crippen LogP contribution in [0, 0.1) is 10.1 Å². The third-order valence-electron chi connectivity index (χ3n) is 2.93. The molecule has 0 saturated heterocycles. The Morgan fingerprint density at radius 2 is 1.71 bits per heavy atom. The second-order valence-electron chi connectivity index (χ2n) is 4.63. The van der Waals surface area contributed by atoms with Gasteiger partial charge in [-0.05, 0) is 24.3 Å². The fraction of sp³-hybridized carbons (Fsp3) is 0.125. The minimum absolute atomic E-state index is 0.0120. The van der Waals surface area contributed by atoms with Gasteiger partial charge < -0.3 is 4.74 Å². The fourth-order valence-electron chi connectivity index (χ4n) is 1.71. The van der Waals surface area contributed by atoms with Crippen LogP contribution < -0.4 is 0 Å². The van der Waals surface area contributed by atoms with Crippen LogP contribution in [0.3, 0.4) is 0 Å². The number of non-ortho nitro benzene ring substituents is 1. The van der Waals surface area contributed by atoms with Gasteiger partial charge in [0, 0.05) is 27.1 Å². The SMILES string of the molecule is O=C(CSc1ccc([N+](=O)[O-])cc1)OCC(=O)c1ccc(Br)cc1. The van der Waals surface area contributed by atoms with Crippen molar-refractivity contribution in [1.82, 2.24) is 0 Å². The zero-order chi connectivity index (χ0) is 17.5. The van der Waals surface area contributed by atoms with Gasteiger partial charge >= 0.3 is 5.97 Å².